The molecule has 0 fully saturated rings. The summed E-state index contributed by atoms with van der Waals surface area (Å²) in [6.07, 6.45) is 0. The van der Waals surface area contributed by atoms with E-state index in [1.807, 2.05) is 29.8 Å². The number of aliphatic hydroxyl groups excluding tert-OH is 1. The minimum atomic E-state index is -2.17. The average Bonchev–Trinajstić information content (AvgIpc) is 3.66. The first-order valence-electron chi connectivity index (χ1n) is 14.1. The van der Waals surface area contributed by atoms with Crippen molar-refractivity contribution < 1.29 is 9.84 Å². The number of thiophene rings is 4. The number of fused-ring (bicyclic) bond motifs is 10. The Balaban J connectivity index is 1.53. The van der Waals surface area contributed by atoms with Gasteiger partial charge in [-0.1, -0.05) is 0 Å². The molecule has 0 atom stereocenters. The molecular formula is C30H36O2S4Si2Sn2. The Bertz CT molecular complexity index is 1870. The Labute approximate surface area is 269 Å². The van der Waals surface area contributed by atoms with Crippen molar-refractivity contribution >= 4 is 143 Å². The van der Waals surface area contributed by atoms with Gasteiger partial charge in [0, 0.05) is 0 Å². The van der Waals surface area contributed by atoms with Crippen LogP contribution in [0.25, 0.3) is 39.7 Å². The Morgan fingerprint density at radius 2 is 1.43 bits per heavy atom. The number of methoxy groups -OCH3 is 1. The van der Waals surface area contributed by atoms with Crippen LogP contribution in [-0.4, -0.2) is 67.9 Å². The third-order valence-electron chi connectivity index (χ3n) is 8.94. The van der Waals surface area contributed by atoms with Crippen LogP contribution in [0.5, 0.6) is 5.75 Å². The second kappa shape index (κ2) is 9.66. The summed E-state index contributed by atoms with van der Waals surface area (Å²) >= 11 is 5.73. The molecule has 10 heteroatoms. The van der Waals surface area contributed by atoms with Crippen LogP contribution < -0.4 is 28.4 Å². The van der Waals surface area contributed by atoms with E-state index >= 15 is 0 Å². The number of ether oxygens (including phenoxy) is 1. The summed E-state index contributed by atoms with van der Waals surface area (Å²) in [5.41, 5.74) is 3.93. The van der Waals surface area contributed by atoms with Crippen LogP contribution in [0.2, 0.25) is 45.4 Å². The Hall–Kier alpha value is 0.331. The van der Waals surface area contributed by atoms with Crippen LogP contribution in [0.1, 0.15) is 17.4 Å². The average molecular weight is 850 g/mol. The molecule has 2 radical (unpaired) electrons. The van der Waals surface area contributed by atoms with Crippen molar-refractivity contribution in [3.8, 4) is 26.6 Å². The standard InChI is InChI=1S/C25H22O2S4Si2.C2H5.3CH3.2Sn/c1-11-9-14-19(29-11)25-20(31-14)15-12(10-26)22-16(17(27-2)23(15)33(25,5)6)21-24(32(22,3)4)18-13(30-21)7-8-28-18;1-2;;;;;/h7,9,26H,1,10H2,2-6H3;1H2,2H3;3*1H3;;. The van der Waals surface area contributed by atoms with Crippen molar-refractivity contribution in [2.75, 3.05) is 7.11 Å². The van der Waals surface area contributed by atoms with Gasteiger partial charge in [0.25, 0.3) is 0 Å². The fraction of sp³-hybridized carbons (Fsp3) is 0.400. The maximum atomic E-state index is 11.2. The molecule has 1 N–H and O–H groups in total. The zero-order valence-corrected chi connectivity index (χ0v) is 35.7. The first-order chi connectivity index (χ1) is 18.9. The van der Waals surface area contributed by atoms with Crippen LogP contribution in [0, 0.1) is 0 Å². The van der Waals surface area contributed by atoms with Crippen LogP contribution >= 0.6 is 45.3 Å². The van der Waals surface area contributed by atoms with Gasteiger partial charge in [-0.2, -0.15) is 0 Å². The van der Waals surface area contributed by atoms with Crippen molar-refractivity contribution in [2.24, 2.45) is 0 Å². The van der Waals surface area contributed by atoms with E-state index in [1.165, 1.54) is 55.1 Å². The van der Waals surface area contributed by atoms with Gasteiger partial charge < -0.3 is 0 Å². The summed E-state index contributed by atoms with van der Waals surface area (Å²) < 4.78 is 17.0. The molecule has 1 aromatic carbocycles. The minimum absolute atomic E-state index is 0.112. The number of hydrogen-bond donors (Lipinski definition) is 1. The zero-order chi connectivity index (χ0) is 28.5. The van der Waals surface area contributed by atoms with E-state index in [0.717, 1.165) is 5.75 Å². The predicted molar refractivity (Wildman–Crippen MR) is 193 cm³/mol. The van der Waals surface area contributed by atoms with Gasteiger partial charge in [0.05, 0.1) is 0 Å². The summed E-state index contributed by atoms with van der Waals surface area (Å²) in [5, 5.41) is 17.3. The molecule has 208 valence electrons. The zero-order valence-electron chi connectivity index (χ0n) is 24.8. The van der Waals surface area contributed by atoms with E-state index in [4.69, 9.17) is 4.74 Å². The van der Waals surface area contributed by atoms with Crippen LogP contribution in [0.15, 0.2) is 12.1 Å². The van der Waals surface area contributed by atoms with Gasteiger partial charge in [0.1, 0.15) is 0 Å². The first kappa shape index (κ1) is 29.1. The van der Waals surface area contributed by atoms with E-state index in [0.29, 0.717) is 0 Å². The molecule has 0 aliphatic carbocycles. The van der Waals surface area contributed by atoms with Gasteiger partial charge in [-0.05, 0) is 0 Å². The first-order valence-corrected chi connectivity index (χ1v) is 37.4. The number of rotatable bonds is 6. The Morgan fingerprint density at radius 1 is 0.825 bits per heavy atom. The molecule has 2 aliphatic rings. The fourth-order valence-corrected chi connectivity index (χ4v) is 31.4. The summed E-state index contributed by atoms with van der Waals surface area (Å²) in [4.78, 5) is 12.1. The monoisotopic (exact) mass is 852 g/mol. The SMILES string of the molecule is C[CH2][Sn][CH2]c1cc2sc3c(c2s1)[Si](C)(C)c1c(OC)c2c(c(CO)c1-3)[Si](C)(C)c1c-2sc2c[c]([Sn]([CH3])([CH3])[CH3])sc12. The van der Waals surface area contributed by atoms with Gasteiger partial charge in [-0.3, -0.25) is 0 Å². The van der Waals surface area contributed by atoms with Crippen LogP contribution in [0.3, 0.4) is 0 Å². The van der Waals surface area contributed by atoms with E-state index in [9.17, 15) is 5.11 Å². The number of hydrogen-bond acceptors (Lipinski definition) is 6. The Morgan fingerprint density at radius 3 is 2.02 bits per heavy atom. The van der Waals surface area contributed by atoms with Gasteiger partial charge in [0.2, 0.25) is 0 Å². The molecule has 40 heavy (non-hydrogen) atoms. The van der Waals surface area contributed by atoms with Gasteiger partial charge >= 0.3 is 273 Å². The van der Waals surface area contributed by atoms with Crippen LogP contribution in [-0.2, 0) is 11.0 Å². The molecule has 0 spiro atoms. The van der Waals surface area contributed by atoms with Gasteiger partial charge in [-0.15, -0.1) is 0 Å². The molecule has 4 aromatic heterocycles. The van der Waals surface area contributed by atoms with E-state index in [-0.39, 0.29) is 27.7 Å². The molecule has 7 rings (SSSR count). The number of benzene rings is 1. The summed E-state index contributed by atoms with van der Waals surface area (Å²) in [5.74, 6) is 1.13. The quantitative estimate of drug-likeness (QED) is 0.197. The second-order valence-corrected chi connectivity index (χ2v) is 45.9. The third-order valence-corrected chi connectivity index (χ3v) is 35.0. The van der Waals surface area contributed by atoms with Crippen molar-refractivity contribution in [2.45, 2.75) is 63.4 Å². The van der Waals surface area contributed by atoms with Gasteiger partial charge in [0.15, 0.2) is 0 Å². The molecule has 0 bridgehead atoms. The molecule has 0 unspecified atom stereocenters. The summed E-state index contributed by atoms with van der Waals surface area (Å²) in [7, 11) is -2.24. The predicted octanol–water partition coefficient (Wildman–Crippen LogP) is 6.53. The molecule has 2 aliphatic heterocycles. The maximum absolute atomic E-state index is 11.2. The third kappa shape index (κ3) is 3.82. The summed E-state index contributed by atoms with van der Waals surface area (Å²) in [6.45, 7) is 12.6. The molecular weight excluding hydrogens is 814 g/mol. The molecule has 0 saturated carbocycles. The van der Waals surface area contributed by atoms with Crippen molar-refractivity contribution in [3.63, 3.8) is 0 Å². The van der Waals surface area contributed by atoms with E-state index < -0.39 is 34.5 Å². The topological polar surface area (TPSA) is 29.5 Å². The normalized spacial score (nSPS) is 16.6. The number of aliphatic hydroxyl groups is 1. The molecule has 5 aromatic rings. The van der Waals surface area contributed by atoms with E-state index in [1.54, 1.807) is 27.5 Å². The van der Waals surface area contributed by atoms with E-state index in [2.05, 4.69) is 82.7 Å². The van der Waals surface area contributed by atoms with Crippen molar-refractivity contribution in [1.29, 1.82) is 0 Å². The molecule has 0 saturated heterocycles. The van der Waals surface area contributed by atoms with Crippen LogP contribution in [0.4, 0.5) is 0 Å². The summed E-state index contributed by atoms with van der Waals surface area (Å²) in [6, 6.07) is 5.05. The molecule has 0 amide bonds. The Kier molecular flexibility index (Phi) is 7.02. The second-order valence-electron chi connectivity index (χ2n) is 13.3. The van der Waals surface area contributed by atoms with Crippen molar-refractivity contribution in [3.05, 3.63) is 22.6 Å². The van der Waals surface area contributed by atoms with Crippen molar-refractivity contribution in [1.82, 2.24) is 0 Å². The molecule has 2 nitrogen and oxygen atoms in total. The fourth-order valence-electron chi connectivity index (χ4n) is 7.16. The van der Waals surface area contributed by atoms with Gasteiger partial charge in [-0.25, -0.2) is 0 Å². The molecule has 6 heterocycles.